The van der Waals surface area contributed by atoms with Crippen molar-refractivity contribution in [3.63, 3.8) is 0 Å². The molecule has 0 bridgehead atoms. The highest BCUT2D eigenvalue weighted by Gasteiger charge is 2.32. The third kappa shape index (κ3) is 4.46. The molecule has 0 spiro atoms. The van der Waals surface area contributed by atoms with Gasteiger partial charge in [-0.1, -0.05) is 18.2 Å². The van der Waals surface area contributed by atoms with Crippen LogP contribution in [-0.2, 0) is 22.6 Å². The highest BCUT2D eigenvalue weighted by atomic mass is 16.5. The summed E-state index contributed by atoms with van der Waals surface area (Å²) in [7, 11) is 1.56. The summed E-state index contributed by atoms with van der Waals surface area (Å²) in [4.78, 5) is 32.9. The van der Waals surface area contributed by atoms with E-state index in [1.165, 1.54) is 5.57 Å². The zero-order valence-corrected chi connectivity index (χ0v) is 18.2. The van der Waals surface area contributed by atoms with Gasteiger partial charge >= 0.3 is 6.03 Å². The minimum Gasteiger partial charge on any atom is -0.369 e. The zero-order valence-electron chi connectivity index (χ0n) is 18.2. The van der Waals surface area contributed by atoms with Gasteiger partial charge in [0.15, 0.2) is 0 Å². The van der Waals surface area contributed by atoms with Crippen LogP contribution < -0.4 is 5.32 Å². The quantitative estimate of drug-likeness (QED) is 0.819. The number of benzene rings is 1. The van der Waals surface area contributed by atoms with Gasteiger partial charge in [-0.25, -0.2) is 4.79 Å². The zero-order chi connectivity index (χ0) is 22.0. The summed E-state index contributed by atoms with van der Waals surface area (Å²) >= 11 is 0. The van der Waals surface area contributed by atoms with E-state index in [-0.39, 0.29) is 11.9 Å². The first-order valence-corrected chi connectivity index (χ1v) is 10.5. The van der Waals surface area contributed by atoms with Crippen molar-refractivity contribution in [3.8, 4) is 0 Å². The van der Waals surface area contributed by atoms with Crippen molar-refractivity contribution in [3.05, 3.63) is 65.5 Å². The Morgan fingerprint density at radius 3 is 2.45 bits per heavy atom. The standard InChI is InChI=1S/C24H28N4O3/c1-24(2,31-3)22(29)27-12-9-18(10-13-27)17-4-6-21(7-5-17)26-23(30)28-15-19-8-11-25-14-20(19)16-28/h4-9,11,14H,10,12-13,15-16H2,1-3H3,(H,26,30). The van der Waals surface area contributed by atoms with Gasteiger partial charge in [-0.15, -0.1) is 0 Å². The Kier molecular flexibility index (Phi) is 5.78. The summed E-state index contributed by atoms with van der Waals surface area (Å²) in [5.74, 6) is 0.00297. The molecule has 1 N–H and O–H groups in total. The maximum Gasteiger partial charge on any atom is 0.322 e. The number of carbonyl (C=O) groups is 2. The second-order valence-electron chi connectivity index (χ2n) is 8.45. The average Bonchev–Trinajstić information content (AvgIpc) is 3.24. The molecule has 0 fully saturated rings. The molecule has 2 aromatic rings. The molecule has 7 heteroatoms. The molecule has 162 valence electrons. The predicted octanol–water partition coefficient (Wildman–Crippen LogP) is 3.67. The second-order valence-corrected chi connectivity index (χ2v) is 8.45. The largest absolute Gasteiger partial charge is 0.369 e. The lowest BCUT2D eigenvalue weighted by Crippen LogP contribution is -2.47. The lowest BCUT2D eigenvalue weighted by molar-refractivity contribution is -0.150. The van der Waals surface area contributed by atoms with Gasteiger partial charge < -0.3 is 19.9 Å². The van der Waals surface area contributed by atoms with Gasteiger partial charge in [-0.3, -0.25) is 9.78 Å². The van der Waals surface area contributed by atoms with Gasteiger partial charge in [0.25, 0.3) is 5.91 Å². The smallest absolute Gasteiger partial charge is 0.322 e. The SMILES string of the molecule is COC(C)(C)C(=O)N1CC=C(c2ccc(NC(=O)N3Cc4ccncc4C3)cc2)CC1. The van der Waals surface area contributed by atoms with Gasteiger partial charge in [0, 0.05) is 51.4 Å². The van der Waals surface area contributed by atoms with Crippen molar-refractivity contribution >= 4 is 23.2 Å². The van der Waals surface area contributed by atoms with E-state index in [2.05, 4.69) is 16.4 Å². The van der Waals surface area contributed by atoms with Crippen LogP contribution in [0.1, 0.15) is 37.0 Å². The Hall–Kier alpha value is -3.19. The molecule has 0 unspecified atom stereocenters. The summed E-state index contributed by atoms with van der Waals surface area (Å²) in [6.07, 6.45) is 6.46. The Morgan fingerprint density at radius 1 is 1.06 bits per heavy atom. The van der Waals surface area contributed by atoms with E-state index < -0.39 is 5.60 Å². The van der Waals surface area contributed by atoms with E-state index in [0.29, 0.717) is 26.2 Å². The Morgan fingerprint density at radius 2 is 1.81 bits per heavy atom. The molecule has 4 rings (SSSR count). The summed E-state index contributed by atoms with van der Waals surface area (Å²) in [5.41, 5.74) is 4.51. The van der Waals surface area contributed by atoms with E-state index in [4.69, 9.17) is 4.74 Å². The molecule has 0 aliphatic carbocycles. The molecular weight excluding hydrogens is 392 g/mol. The summed E-state index contributed by atoms with van der Waals surface area (Å²) in [6, 6.07) is 9.71. The molecule has 1 aromatic carbocycles. The number of hydrogen-bond donors (Lipinski definition) is 1. The fourth-order valence-corrected chi connectivity index (χ4v) is 3.92. The van der Waals surface area contributed by atoms with Gasteiger partial charge in [0.2, 0.25) is 0 Å². The van der Waals surface area contributed by atoms with Crippen molar-refractivity contribution in [2.45, 2.75) is 39.0 Å². The van der Waals surface area contributed by atoms with Crippen molar-refractivity contribution in [1.29, 1.82) is 0 Å². The number of rotatable bonds is 4. The Labute approximate surface area is 182 Å². The van der Waals surface area contributed by atoms with Gasteiger partial charge in [0.1, 0.15) is 5.60 Å². The van der Waals surface area contributed by atoms with Gasteiger partial charge in [0.05, 0.1) is 0 Å². The molecule has 0 saturated carbocycles. The molecular formula is C24H28N4O3. The molecule has 0 atom stereocenters. The first kappa shape index (κ1) is 21.1. The van der Waals surface area contributed by atoms with Crippen LogP contribution in [0.5, 0.6) is 0 Å². The Balaban J connectivity index is 1.35. The topological polar surface area (TPSA) is 74.8 Å². The number of fused-ring (bicyclic) bond motifs is 1. The number of methoxy groups -OCH3 is 1. The molecule has 2 aliphatic rings. The van der Waals surface area contributed by atoms with Crippen LogP contribution in [0.15, 0.2) is 48.8 Å². The number of urea groups is 1. The van der Waals surface area contributed by atoms with Crippen LogP contribution in [0.25, 0.3) is 5.57 Å². The van der Waals surface area contributed by atoms with Gasteiger partial charge in [-0.05, 0) is 60.7 Å². The molecule has 3 heterocycles. The number of amides is 3. The van der Waals surface area contributed by atoms with Gasteiger partial charge in [-0.2, -0.15) is 0 Å². The third-order valence-corrected chi connectivity index (χ3v) is 6.04. The van der Waals surface area contributed by atoms with E-state index in [1.807, 2.05) is 41.4 Å². The summed E-state index contributed by atoms with van der Waals surface area (Å²) in [6.45, 7) is 6.00. The molecule has 3 amide bonds. The first-order chi connectivity index (χ1) is 14.9. The number of ether oxygens (including phenoxy) is 1. The van der Waals surface area contributed by atoms with Crippen molar-refractivity contribution < 1.29 is 14.3 Å². The number of aromatic nitrogens is 1. The van der Waals surface area contributed by atoms with E-state index in [9.17, 15) is 9.59 Å². The fourth-order valence-electron chi connectivity index (χ4n) is 3.92. The van der Waals surface area contributed by atoms with Crippen LogP contribution in [-0.4, -0.2) is 52.5 Å². The average molecular weight is 421 g/mol. The van der Waals surface area contributed by atoms with Crippen LogP contribution in [0.4, 0.5) is 10.5 Å². The van der Waals surface area contributed by atoms with E-state index in [0.717, 1.165) is 28.8 Å². The molecule has 2 aliphatic heterocycles. The second kappa shape index (κ2) is 8.51. The van der Waals surface area contributed by atoms with Crippen molar-refractivity contribution in [2.24, 2.45) is 0 Å². The van der Waals surface area contributed by atoms with Crippen LogP contribution in [0.2, 0.25) is 0 Å². The predicted molar refractivity (Wildman–Crippen MR) is 119 cm³/mol. The van der Waals surface area contributed by atoms with E-state index in [1.54, 1.807) is 32.1 Å². The molecule has 7 nitrogen and oxygen atoms in total. The van der Waals surface area contributed by atoms with Crippen LogP contribution in [0, 0.1) is 0 Å². The molecule has 0 radical (unpaired) electrons. The first-order valence-electron chi connectivity index (χ1n) is 10.5. The number of nitrogens with zero attached hydrogens (tertiary/aromatic N) is 3. The number of anilines is 1. The lowest BCUT2D eigenvalue weighted by Gasteiger charge is -2.33. The third-order valence-electron chi connectivity index (χ3n) is 6.04. The van der Waals surface area contributed by atoms with Crippen molar-refractivity contribution in [1.82, 2.24) is 14.8 Å². The monoisotopic (exact) mass is 420 g/mol. The minimum atomic E-state index is -0.807. The molecule has 0 saturated heterocycles. The molecule has 1 aromatic heterocycles. The van der Waals surface area contributed by atoms with Crippen LogP contribution in [0.3, 0.4) is 0 Å². The lowest BCUT2D eigenvalue weighted by atomic mass is 9.98. The van der Waals surface area contributed by atoms with E-state index >= 15 is 0 Å². The minimum absolute atomic E-state index is 0.00297. The van der Waals surface area contributed by atoms with Crippen molar-refractivity contribution in [2.75, 3.05) is 25.5 Å². The summed E-state index contributed by atoms with van der Waals surface area (Å²) in [5, 5.41) is 2.97. The maximum absolute atomic E-state index is 12.6. The summed E-state index contributed by atoms with van der Waals surface area (Å²) < 4.78 is 5.31. The fraction of sp³-hybridized carbons (Fsp3) is 0.375. The van der Waals surface area contributed by atoms with Crippen LogP contribution >= 0.6 is 0 Å². The normalized spacial score (nSPS) is 16.0. The Bertz CT molecular complexity index is 989. The number of hydrogen-bond acceptors (Lipinski definition) is 4. The highest BCUT2D eigenvalue weighted by Crippen LogP contribution is 2.26. The number of nitrogens with one attached hydrogen (secondary N) is 1. The molecule has 31 heavy (non-hydrogen) atoms. The maximum atomic E-state index is 12.6. The number of carbonyl (C=O) groups excluding carboxylic acids is 2. The highest BCUT2D eigenvalue weighted by molar-refractivity contribution is 5.90. The number of pyridine rings is 1.